The maximum absolute atomic E-state index is 8.87. The molecule has 1 aliphatic heterocycles. The van der Waals surface area contributed by atoms with Crippen LogP contribution in [0.3, 0.4) is 0 Å². The van der Waals surface area contributed by atoms with Gasteiger partial charge >= 0.3 is 0 Å². The van der Waals surface area contributed by atoms with Crippen LogP contribution in [0.5, 0.6) is 0 Å². The molecule has 1 heterocycles. The van der Waals surface area contributed by atoms with Crippen LogP contribution in [0.15, 0.2) is 0 Å². The van der Waals surface area contributed by atoms with Gasteiger partial charge in [0.15, 0.2) is 0 Å². The highest BCUT2D eigenvalue weighted by atomic mass is 16.3. The number of nitrogens with one attached hydrogen (secondary N) is 1. The molecule has 1 aliphatic carbocycles. The summed E-state index contributed by atoms with van der Waals surface area (Å²) in [7, 11) is 0. The minimum atomic E-state index is 0.310. The lowest BCUT2D eigenvalue weighted by Gasteiger charge is -2.38. The summed E-state index contributed by atoms with van der Waals surface area (Å²) in [6.45, 7) is 4.82. The molecule has 13 heavy (non-hydrogen) atoms. The molecule has 2 atom stereocenters. The Morgan fingerprint density at radius 2 is 2.23 bits per heavy atom. The van der Waals surface area contributed by atoms with Crippen molar-refractivity contribution in [3.05, 3.63) is 0 Å². The molecule has 2 N–H and O–H groups in total. The molecule has 0 spiro atoms. The Bertz CT molecular complexity index is 170. The maximum atomic E-state index is 8.87. The monoisotopic (exact) mass is 184 g/mol. The summed E-state index contributed by atoms with van der Waals surface area (Å²) in [5, 5.41) is 12.3. The van der Waals surface area contributed by atoms with Gasteiger partial charge in [0.1, 0.15) is 0 Å². The number of piperazine rings is 1. The predicted molar refractivity (Wildman–Crippen MR) is 52.7 cm³/mol. The van der Waals surface area contributed by atoms with Crippen LogP contribution in [0, 0.1) is 0 Å². The molecule has 2 aliphatic rings. The molecule has 1 saturated heterocycles. The van der Waals surface area contributed by atoms with Gasteiger partial charge in [-0.1, -0.05) is 0 Å². The van der Waals surface area contributed by atoms with E-state index in [-0.39, 0.29) is 0 Å². The highest BCUT2D eigenvalue weighted by Gasteiger charge is 2.35. The van der Waals surface area contributed by atoms with E-state index in [2.05, 4.69) is 17.1 Å². The standard InChI is InChI=1S/C10H20N2O/c1-8-6-11-9(4-5-13)7-12(8)10-2-3-10/h8-11,13H,2-7H2,1H3. The summed E-state index contributed by atoms with van der Waals surface area (Å²) in [6, 6.07) is 2.06. The van der Waals surface area contributed by atoms with Gasteiger partial charge in [-0.2, -0.15) is 0 Å². The fourth-order valence-electron chi connectivity index (χ4n) is 2.22. The number of aliphatic hydroxyl groups is 1. The zero-order valence-electron chi connectivity index (χ0n) is 8.37. The lowest BCUT2D eigenvalue weighted by atomic mass is 10.1. The van der Waals surface area contributed by atoms with Crippen molar-refractivity contribution in [3.63, 3.8) is 0 Å². The molecule has 2 rings (SSSR count). The van der Waals surface area contributed by atoms with E-state index in [0.29, 0.717) is 18.7 Å². The molecule has 3 nitrogen and oxygen atoms in total. The van der Waals surface area contributed by atoms with Gasteiger partial charge in [0.05, 0.1) is 0 Å². The van der Waals surface area contributed by atoms with Crippen LogP contribution in [0.4, 0.5) is 0 Å². The number of hydrogen-bond donors (Lipinski definition) is 2. The van der Waals surface area contributed by atoms with Gasteiger partial charge in [0.2, 0.25) is 0 Å². The third-order valence-corrected chi connectivity index (χ3v) is 3.19. The van der Waals surface area contributed by atoms with E-state index in [9.17, 15) is 0 Å². The van der Waals surface area contributed by atoms with Gasteiger partial charge in [0, 0.05) is 37.8 Å². The zero-order valence-corrected chi connectivity index (χ0v) is 8.37. The first-order valence-electron chi connectivity index (χ1n) is 5.41. The number of nitrogens with zero attached hydrogens (tertiary/aromatic N) is 1. The minimum absolute atomic E-state index is 0.310. The normalized spacial score (nSPS) is 36.5. The first kappa shape index (κ1) is 9.44. The van der Waals surface area contributed by atoms with E-state index >= 15 is 0 Å². The molecule has 2 fully saturated rings. The van der Waals surface area contributed by atoms with Crippen molar-refractivity contribution in [2.75, 3.05) is 19.7 Å². The van der Waals surface area contributed by atoms with Crippen molar-refractivity contribution in [2.24, 2.45) is 0 Å². The van der Waals surface area contributed by atoms with Crippen molar-refractivity contribution < 1.29 is 5.11 Å². The van der Waals surface area contributed by atoms with Gasteiger partial charge in [-0.05, 0) is 26.2 Å². The quantitative estimate of drug-likeness (QED) is 0.657. The molecular formula is C10H20N2O. The molecule has 0 amide bonds. The topological polar surface area (TPSA) is 35.5 Å². The van der Waals surface area contributed by atoms with Crippen LogP contribution in [0.1, 0.15) is 26.2 Å². The predicted octanol–water partition coefficient (Wildman–Crippen LogP) is 0.194. The van der Waals surface area contributed by atoms with Crippen LogP contribution in [-0.4, -0.2) is 47.8 Å². The second-order valence-electron chi connectivity index (χ2n) is 4.39. The Labute approximate surface area is 80.1 Å². The van der Waals surface area contributed by atoms with Crippen molar-refractivity contribution in [1.82, 2.24) is 10.2 Å². The molecular weight excluding hydrogens is 164 g/mol. The van der Waals surface area contributed by atoms with E-state index in [0.717, 1.165) is 25.6 Å². The third-order valence-electron chi connectivity index (χ3n) is 3.19. The Morgan fingerprint density at radius 1 is 1.46 bits per heavy atom. The largest absolute Gasteiger partial charge is 0.396 e. The van der Waals surface area contributed by atoms with Gasteiger partial charge in [-0.25, -0.2) is 0 Å². The fraction of sp³-hybridized carbons (Fsp3) is 1.00. The van der Waals surface area contributed by atoms with Crippen LogP contribution < -0.4 is 5.32 Å². The minimum Gasteiger partial charge on any atom is -0.396 e. The first-order valence-corrected chi connectivity index (χ1v) is 5.41. The Balaban J connectivity index is 1.85. The molecule has 0 aromatic heterocycles. The van der Waals surface area contributed by atoms with Crippen LogP contribution in [-0.2, 0) is 0 Å². The van der Waals surface area contributed by atoms with E-state index in [1.165, 1.54) is 12.8 Å². The van der Waals surface area contributed by atoms with E-state index in [1.807, 2.05) is 0 Å². The van der Waals surface area contributed by atoms with Gasteiger partial charge in [-0.3, -0.25) is 4.90 Å². The lowest BCUT2D eigenvalue weighted by molar-refractivity contribution is 0.119. The van der Waals surface area contributed by atoms with Crippen molar-refractivity contribution in [3.8, 4) is 0 Å². The second kappa shape index (κ2) is 3.95. The molecule has 0 bridgehead atoms. The molecule has 1 saturated carbocycles. The average Bonchev–Trinajstić information content (AvgIpc) is 2.92. The van der Waals surface area contributed by atoms with Crippen molar-refractivity contribution in [1.29, 1.82) is 0 Å². The van der Waals surface area contributed by atoms with Crippen molar-refractivity contribution >= 4 is 0 Å². The summed E-state index contributed by atoms with van der Waals surface area (Å²) in [5.74, 6) is 0. The third kappa shape index (κ3) is 2.22. The molecule has 0 aromatic rings. The Morgan fingerprint density at radius 3 is 2.85 bits per heavy atom. The molecule has 0 radical (unpaired) electrons. The van der Waals surface area contributed by atoms with Crippen LogP contribution >= 0.6 is 0 Å². The van der Waals surface area contributed by atoms with Gasteiger partial charge < -0.3 is 10.4 Å². The van der Waals surface area contributed by atoms with Crippen LogP contribution in [0.2, 0.25) is 0 Å². The fourth-order valence-corrected chi connectivity index (χ4v) is 2.22. The summed E-state index contributed by atoms with van der Waals surface area (Å²) >= 11 is 0. The van der Waals surface area contributed by atoms with Crippen LogP contribution in [0.25, 0.3) is 0 Å². The number of hydrogen-bond acceptors (Lipinski definition) is 3. The molecule has 0 aromatic carbocycles. The highest BCUT2D eigenvalue weighted by molar-refractivity contribution is 4.93. The van der Waals surface area contributed by atoms with E-state index in [4.69, 9.17) is 5.11 Å². The average molecular weight is 184 g/mol. The smallest absolute Gasteiger partial charge is 0.0446 e. The summed E-state index contributed by atoms with van der Waals surface area (Å²) in [4.78, 5) is 2.61. The zero-order chi connectivity index (χ0) is 9.26. The SMILES string of the molecule is CC1CNC(CCO)CN1C1CC1. The first-order chi connectivity index (χ1) is 6.31. The highest BCUT2D eigenvalue weighted by Crippen LogP contribution is 2.29. The molecule has 76 valence electrons. The van der Waals surface area contributed by atoms with Gasteiger partial charge in [-0.15, -0.1) is 0 Å². The number of aliphatic hydroxyl groups excluding tert-OH is 1. The Kier molecular flexibility index (Phi) is 2.86. The summed E-state index contributed by atoms with van der Waals surface area (Å²) in [5.41, 5.74) is 0. The second-order valence-corrected chi connectivity index (χ2v) is 4.39. The van der Waals surface area contributed by atoms with Gasteiger partial charge in [0.25, 0.3) is 0 Å². The summed E-state index contributed by atoms with van der Waals surface area (Å²) < 4.78 is 0. The van der Waals surface area contributed by atoms with E-state index in [1.54, 1.807) is 0 Å². The molecule has 3 heteroatoms. The maximum Gasteiger partial charge on any atom is 0.0446 e. The summed E-state index contributed by atoms with van der Waals surface area (Å²) in [6.07, 6.45) is 3.67. The van der Waals surface area contributed by atoms with E-state index < -0.39 is 0 Å². The number of rotatable bonds is 3. The van der Waals surface area contributed by atoms with Crippen molar-refractivity contribution in [2.45, 2.75) is 44.3 Å². The Hall–Kier alpha value is -0.120. The molecule has 2 unspecified atom stereocenters. The lowest BCUT2D eigenvalue weighted by Crippen LogP contribution is -2.56.